The van der Waals surface area contributed by atoms with Gasteiger partial charge in [0.1, 0.15) is 18.6 Å². The fraction of sp³-hybridized carbons (Fsp3) is 0.692. The summed E-state index contributed by atoms with van der Waals surface area (Å²) >= 11 is 0. The van der Waals surface area contributed by atoms with Crippen LogP contribution in [-0.2, 0) is 19.2 Å². The molecule has 3 atom stereocenters. The number of rotatable bonds is 10. The average Bonchev–Trinajstić information content (AvgIpc) is 2.53. The van der Waals surface area contributed by atoms with Crippen molar-refractivity contribution >= 4 is 23.7 Å². The Kier molecular flexibility index (Phi) is 9.54. The molecule has 138 valence electrons. The van der Waals surface area contributed by atoms with Gasteiger partial charge in [0.25, 0.3) is 0 Å². The number of nitrogens with one attached hydrogen (secondary N) is 3. The van der Waals surface area contributed by atoms with Crippen molar-refractivity contribution in [1.29, 1.82) is 0 Å². The topological polar surface area (TPSA) is 191 Å². The number of hydrogen-bond donors (Lipinski definition) is 7. The molecule has 11 heteroatoms. The molecule has 0 aromatic heterocycles. The number of aliphatic carboxylic acids is 1. The van der Waals surface area contributed by atoms with Crippen LogP contribution in [0.3, 0.4) is 0 Å². The van der Waals surface area contributed by atoms with Crippen LogP contribution in [0.15, 0.2) is 0 Å². The molecule has 24 heavy (non-hydrogen) atoms. The second kappa shape index (κ2) is 10.5. The molecule has 3 unspecified atom stereocenters. The standard InChI is InChI=1S/C13H24N4O7/c1-6(2)10(14)13(24)17-8(5-19)12(23)16-7(4-18)11(22)15-3-9(20)21/h6-8,10,18-19H,3-5,14H2,1-2H3,(H,15,22)(H,16,23)(H,17,24)(H,20,21). The molecule has 0 fully saturated rings. The molecule has 0 aromatic rings. The molecule has 0 aliphatic rings. The van der Waals surface area contributed by atoms with Gasteiger partial charge in [-0.3, -0.25) is 19.2 Å². The summed E-state index contributed by atoms with van der Waals surface area (Å²) in [6, 6.07) is -3.69. The van der Waals surface area contributed by atoms with Gasteiger partial charge in [0, 0.05) is 0 Å². The number of carbonyl (C=O) groups is 4. The lowest BCUT2D eigenvalue weighted by molar-refractivity contribution is -0.139. The molecule has 0 saturated carbocycles. The number of carbonyl (C=O) groups excluding carboxylic acids is 3. The number of amides is 3. The van der Waals surface area contributed by atoms with Crippen molar-refractivity contribution in [2.24, 2.45) is 11.7 Å². The zero-order valence-electron chi connectivity index (χ0n) is 13.5. The van der Waals surface area contributed by atoms with Gasteiger partial charge in [0.05, 0.1) is 19.3 Å². The van der Waals surface area contributed by atoms with Crippen molar-refractivity contribution in [3.8, 4) is 0 Å². The summed E-state index contributed by atoms with van der Waals surface area (Å²) in [4.78, 5) is 45.8. The Hall–Kier alpha value is -2.24. The lowest BCUT2D eigenvalue weighted by Crippen LogP contribution is -2.58. The van der Waals surface area contributed by atoms with E-state index in [0.717, 1.165) is 0 Å². The summed E-state index contributed by atoms with van der Waals surface area (Å²) in [7, 11) is 0. The normalized spacial score (nSPS) is 14.4. The van der Waals surface area contributed by atoms with Crippen LogP contribution < -0.4 is 21.7 Å². The van der Waals surface area contributed by atoms with Crippen LogP contribution in [0, 0.1) is 5.92 Å². The van der Waals surface area contributed by atoms with E-state index >= 15 is 0 Å². The Bertz CT molecular complexity index is 469. The zero-order chi connectivity index (χ0) is 18.9. The monoisotopic (exact) mass is 348 g/mol. The van der Waals surface area contributed by atoms with E-state index in [9.17, 15) is 24.3 Å². The van der Waals surface area contributed by atoms with Gasteiger partial charge in [-0.05, 0) is 5.92 Å². The Morgan fingerprint density at radius 1 is 0.917 bits per heavy atom. The second-order valence-electron chi connectivity index (χ2n) is 5.37. The van der Waals surface area contributed by atoms with Crippen LogP contribution in [0.2, 0.25) is 0 Å². The van der Waals surface area contributed by atoms with E-state index in [1.165, 1.54) is 0 Å². The summed E-state index contributed by atoms with van der Waals surface area (Å²) < 4.78 is 0. The van der Waals surface area contributed by atoms with Crippen molar-refractivity contribution in [3.63, 3.8) is 0 Å². The highest BCUT2D eigenvalue weighted by molar-refractivity contribution is 5.93. The van der Waals surface area contributed by atoms with E-state index in [1.807, 2.05) is 5.32 Å². The van der Waals surface area contributed by atoms with Crippen molar-refractivity contribution in [2.45, 2.75) is 32.0 Å². The van der Waals surface area contributed by atoms with Gasteiger partial charge in [-0.15, -0.1) is 0 Å². The highest BCUT2D eigenvalue weighted by atomic mass is 16.4. The van der Waals surface area contributed by atoms with Gasteiger partial charge in [-0.1, -0.05) is 13.8 Å². The predicted molar refractivity (Wildman–Crippen MR) is 81.5 cm³/mol. The van der Waals surface area contributed by atoms with Crippen LogP contribution in [-0.4, -0.2) is 76.9 Å². The van der Waals surface area contributed by atoms with Crippen LogP contribution in [0.5, 0.6) is 0 Å². The molecule has 0 saturated heterocycles. The van der Waals surface area contributed by atoms with Gasteiger partial charge in [-0.2, -0.15) is 0 Å². The minimum absolute atomic E-state index is 0.195. The predicted octanol–water partition coefficient (Wildman–Crippen LogP) is -3.88. The van der Waals surface area contributed by atoms with Gasteiger partial charge < -0.3 is 37.0 Å². The van der Waals surface area contributed by atoms with E-state index in [2.05, 4.69) is 10.6 Å². The molecule has 0 aromatic carbocycles. The number of aliphatic hydroxyl groups excluding tert-OH is 2. The highest BCUT2D eigenvalue weighted by Gasteiger charge is 2.28. The molecule has 0 aliphatic heterocycles. The number of carboxylic acid groups (broad SMARTS) is 1. The maximum absolute atomic E-state index is 12.0. The highest BCUT2D eigenvalue weighted by Crippen LogP contribution is 1.99. The van der Waals surface area contributed by atoms with Crippen molar-refractivity contribution < 1.29 is 34.5 Å². The third-order valence-electron chi connectivity index (χ3n) is 3.07. The molecule has 11 nitrogen and oxygen atoms in total. The van der Waals surface area contributed by atoms with Gasteiger partial charge >= 0.3 is 5.97 Å². The zero-order valence-corrected chi connectivity index (χ0v) is 13.5. The maximum atomic E-state index is 12.0. The van der Waals surface area contributed by atoms with E-state index < -0.39 is 61.6 Å². The molecular weight excluding hydrogens is 324 g/mol. The smallest absolute Gasteiger partial charge is 0.322 e. The molecule has 0 spiro atoms. The Labute approximate surface area is 138 Å². The van der Waals surface area contributed by atoms with Gasteiger partial charge in [0.2, 0.25) is 17.7 Å². The van der Waals surface area contributed by atoms with Crippen LogP contribution >= 0.6 is 0 Å². The minimum Gasteiger partial charge on any atom is -0.480 e. The van der Waals surface area contributed by atoms with E-state index in [1.54, 1.807) is 13.8 Å². The molecule has 3 amide bonds. The summed E-state index contributed by atoms with van der Waals surface area (Å²) in [5, 5.41) is 33.1. The Balaban J connectivity index is 4.74. The first-order valence-corrected chi connectivity index (χ1v) is 7.21. The SMILES string of the molecule is CC(C)C(N)C(=O)NC(CO)C(=O)NC(CO)C(=O)NCC(=O)O. The third-order valence-corrected chi connectivity index (χ3v) is 3.07. The summed E-state index contributed by atoms with van der Waals surface area (Å²) in [6.45, 7) is 1.17. The van der Waals surface area contributed by atoms with E-state index in [4.69, 9.17) is 15.9 Å². The quantitative estimate of drug-likeness (QED) is 0.208. The van der Waals surface area contributed by atoms with Crippen LogP contribution in [0.25, 0.3) is 0 Å². The van der Waals surface area contributed by atoms with E-state index in [-0.39, 0.29) is 5.92 Å². The van der Waals surface area contributed by atoms with Gasteiger partial charge in [-0.25, -0.2) is 0 Å². The van der Waals surface area contributed by atoms with Crippen LogP contribution in [0.4, 0.5) is 0 Å². The Morgan fingerprint density at radius 2 is 1.38 bits per heavy atom. The third kappa shape index (κ3) is 7.35. The van der Waals surface area contributed by atoms with Crippen molar-refractivity contribution in [1.82, 2.24) is 16.0 Å². The lowest BCUT2D eigenvalue weighted by atomic mass is 10.0. The number of aliphatic hydroxyl groups is 2. The minimum atomic E-state index is -1.43. The van der Waals surface area contributed by atoms with Gasteiger partial charge in [0.15, 0.2) is 0 Å². The second-order valence-corrected chi connectivity index (χ2v) is 5.37. The molecule has 0 bridgehead atoms. The summed E-state index contributed by atoms with van der Waals surface area (Å²) in [5.74, 6) is -3.99. The Morgan fingerprint density at radius 3 is 1.79 bits per heavy atom. The number of hydrogen-bond acceptors (Lipinski definition) is 7. The maximum Gasteiger partial charge on any atom is 0.322 e. The number of nitrogens with two attached hydrogens (primary N) is 1. The van der Waals surface area contributed by atoms with E-state index in [0.29, 0.717) is 0 Å². The molecule has 0 aliphatic carbocycles. The van der Waals surface area contributed by atoms with Crippen molar-refractivity contribution in [3.05, 3.63) is 0 Å². The summed E-state index contributed by atoms with van der Waals surface area (Å²) in [6.07, 6.45) is 0. The lowest BCUT2D eigenvalue weighted by Gasteiger charge is -2.22. The van der Waals surface area contributed by atoms with Crippen molar-refractivity contribution in [2.75, 3.05) is 19.8 Å². The fourth-order valence-corrected chi connectivity index (χ4v) is 1.52. The fourth-order valence-electron chi connectivity index (χ4n) is 1.52. The first-order valence-electron chi connectivity index (χ1n) is 7.21. The molecule has 8 N–H and O–H groups in total. The van der Waals surface area contributed by atoms with Crippen LogP contribution in [0.1, 0.15) is 13.8 Å². The summed E-state index contributed by atoms with van der Waals surface area (Å²) in [5.41, 5.74) is 5.62. The molecule has 0 rings (SSSR count). The largest absolute Gasteiger partial charge is 0.480 e. The molecular formula is C13H24N4O7. The average molecular weight is 348 g/mol. The molecule has 0 radical (unpaired) electrons. The first-order chi connectivity index (χ1) is 11.1. The first kappa shape index (κ1) is 21.8. The molecule has 0 heterocycles. The number of carboxylic acids is 1.